The van der Waals surface area contributed by atoms with Gasteiger partial charge < -0.3 is 5.32 Å². The highest BCUT2D eigenvalue weighted by Crippen LogP contribution is 2.26. The van der Waals surface area contributed by atoms with Crippen LogP contribution >= 0.6 is 23.4 Å². The lowest BCUT2D eigenvalue weighted by Crippen LogP contribution is -2.15. The Kier molecular flexibility index (Phi) is 6.16. The van der Waals surface area contributed by atoms with Crippen molar-refractivity contribution in [2.75, 3.05) is 11.1 Å². The van der Waals surface area contributed by atoms with E-state index in [2.05, 4.69) is 5.32 Å². The van der Waals surface area contributed by atoms with Gasteiger partial charge in [0.05, 0.1) is 21.9 Å². The lowest BCUT2D eigenvalue weighted by atomic mass is 10.1. The van der Waals surface area contributed by atoms with Crippen LogP contribution in [0, 0.1) is 22.9 Å². The van der Waals surface area contributed by atoms with E-state index in [1.165, 1.54) is 36.0 Å². The molecule has 1 N–H and O–H groups in total. The zero-order valence-corrected chi connectivity index (χ0v) is 14.3. The van der Waals surface area contributed by atoms with E-state index in [0.717, 1.165) is 0 Å². The molecule has 0 aliphatic heterocycles. The summed E-state index contributed by atoms with van der Waals surface area (Å²) in [5.41, 5.74) is 1.07. The molecule has 2 aromatic rings. The smallest absolute Gasteiger partial charge is 0.274 e. The predicted octanol–water partition coefficient (Wildman–Crippen LogP) is 4.57. The topological polar surface area (TPSA) is 72.2 Å². The lowest BCUT2D eigenvalue weighted by Gasteiger charge is -2.09. The van der Waals surface area contributed by atoms with Crippen molar-refractivity contribution in [3.63, 3.8) is 0 Å². The van der Waals surface area contributed by atoms with E-state index in [0.29, 0.717) is 21.8 Å². The van der Waals surface area contributed by atoms with Crippen LogP contribution in [0.5, 0.6) is 0 Å². The Balaban J connectivity index is 1.95. The number of rotatable bonds is 6. The Hall–Kier alpha value is -2.12. The van der Waals surface area contributed by atoms with Gasteiger partial charge in [-0.2, -0.15) is 0 Å². The highest BCUT2D eigenvalue weighted by atomic mass is 35.5. The molecule has 0 atom stereocenters. The summed E-state index contributed by atoms with van der Waals surface area (Å²) in [7, 11) is 0. The Labute approximate surface area is 147 Å². The second-order valence-electron chi connectivity index (χ2n) is 4.95. The summed E-state index contributed by atoms with van der Waals surface area (Å²) in [5.74, 6) is -0.402. The van der Waals surface area contributed by atoms with Crippen LogP contribution in [0.1, 0.15) is 11.1 Å². The number of nitro benzene ring substituents is 1. The highest BCUT2D eigenvalue weighted by Gasteiger charge is 2.15. The number of carbonyl (C=O) groups excluding carboxylic acids is 1. The molecule has 0 fully saturated rings. The van der Waals surface area contributed by atoms with Crippen molar-refractivity contribution in [3.8, 4) is 0 Å². The van der Waals surface area contributed by atoms with Crippen molar-refractivity contribution in [1.82, 2.24) is 0 Å². The van der Waals surface area contributed by atoms with Crippen molar-refractivity contribution >= 4 is 40.6 Å². The second-order valence-corrected chi connectivity index (χ2v) is 6.34. The predicted molar refractivity (Wildman–Crippen MR) is 94.0 cm³/mol. The first-order valence-electron chi connectivity index (χ1n) is 6.94. The molecule has 2 rings (SSSR count). The van der Waals surface area contributed by atoms with Gasteiger partial charge in [0.25, 0.3) is 5.69 Å². The van der Waals surface area contributed by atoms with Crippen molar-refractivity contribution in [3.05, 3.63) is 68.5 Å². The van der Waals surface area contributed by atoms with Crippen LogP contribution in [0.2, 0.25) is 5.02 Å². The number of halogens is 2. The van der Waals surface area contributed by atoms with E-state index in [-0.39, 0.29) is 23.1 Å². The highest BCUT2D eigenvalue weighted by molar-refractivity contribution is 7.99. The quantitative estimate of drug-likeness (QED) is 0.599. The standard InChI is InChI=1S/C16H14ClFN2O3S/c1-10-14(6-3-7-15(10)20(22)23)19-16(21)9-24-8-11-12(17)4-2-5-13(11)18/h2-7H,8-9H2,1H3,(H,19,21). The van der Waals surface area contributed by atoms with E-state index in [4.69, 9.17) is 11.6 Å². The molecule has 2 aromatic carbocycles. The number of benzene rings is 2. The average Bonchev–Trinajstić information content (AvgIpc) is 2.52. The maximum Gasteiger partial charge on any atom is 0.274 e. The summed E-state index contributed by atoms with van der Waals surface area (Å²) >= 11 is 7.13. The van der Waals surface area contributed by atoms with Crippen molar-refractivity contribution in [1.29, 1.82) is 0 Å². The zero-order chi connectivity index (χ0) is 17.7. The van der Waals surface area contributed by atoms with Gasteiger partial charge in [-0.1, -0.05) is 23.7 Å². The fourth-order valence-electron chi connectivity index (χ4n) is 2.06. The van der Waals surface area contributed by atoms with Crippen LogP contribution in [-0.2, 0) is 10.5 Å². The maximum absolute atomic E-state index is 13.6. The summed E-state index contributed by atoms with van der Waals surface area (Å²) in [6, 6.07) is 8.90. The van der Waals surface area contributed by atoms with E-state index in [1.54, 1.807) is 19.1 Å². The number of carbonyl (C=O) groups is 1. The maximum atomic E-state index is 13.6. The first kappa shape index (κ1) is 18.2. The number of amides is 1. The summed E-state index contributed by atoms with van der Waals surface area (Å²) in [6.45, 7) is 1.57. The van der Waals surface area contributed by atoms with Crippen LogP contribution in [0.4, 0.5) is 15.8 Å². The molecule has 0 bridgehead atoms. The van der Waals surface area contributed by atoms with Crippen LogP contribution in [0.3, 0.4) is 0 Å². The molecule has 0 aliphatic rings. The molecular formula is C16H14ClFN2O3S. The Morgan fingerprint density at radius 1 is 1.33 bits per heavy atom. The molecule has 0 saturated heterocycles. The number of hydrogen-bond donors (Lipinski definition) is 1. The molecule has 0 saturated carbocycles. The van der Waals surface area contributed by atoms with Gasteiger partial charge in [0.2, 0.25) is 5.91 Å². The fourth-order valence-corrected chi connectivity index (χ4v) is 3.23. The summed E-state index contributed by atoms with van der Waals surface area (Å²) in [5, 5.41) is 13.8. The third-order valence-corrected chi connectivity index (χ3v) is 4.63. The van der Waals surface area contributed by atoms with Crippen molar-refractivity contribution in [2.24, 2.45) is 0 Å². The largest absolute Gasteiger partial charge is 0.325 e. The second kappa shape index (κ2) is 8.12. The Morgan fingerprint density at radius 2 is 2.04 bits per heavy atom. The Bertz CT molecular complexity index is 766. The molecule has 1 amide bonds. The van der Waals surface area contributed by atoms with Crippen LogP contribution in [-0.4, -0.2) is 16.6 Å². The molecule has 0 radical (unpaired) electrons. The van der Waals surface area contributed by atoms with E-state index in [1.807, 2.05) is 0 Å². The number of thioether (sulfide) groups is 1. The van der Waals surface area contributed by atoms with Crippen LogP contribution in [0.15, 0.2) is 36.4 Å². The monoisotopic (exact) mass is 368 g/mol. The van der Waals surface area contributed by atoms with Gasteiger partial charge in [-0.25, -0.2) is 4.39 Å². The van der Waals surface area contributed by atoms with Gasteiger partial charge in [-0.15, -0.1) is 11.8 Å². The molecular weight excluding hydrogens is 355 g/mol. The molecule has 0 spiro atoms. The minimum Gasteiger partial charge on any atom is -0.325 e. The molecule has 24 heavy (non-hydrogen) atoms. The molecule has 5 nitrogen and oxygen atoms in total. The first-order chi connectivity index (χ1) is 11.4. The van der Waals surface area contributed by atoms with Gasteiger partial charge in [0.15, 0.2) is 0 Å². The van der Waals surface area contributed by atoms with Crippen LogP contribution < -0.4 is 5.32 Å². The third kappa shape index (κ3) is 4.46. The van der Waals surface area contributed by atoms with E-state index in [9.17, 15) is 19.3 Å². The Morgan fingerprint density at radius 3 is 2.71 bits per heavy atom. The number of anilines is 1. The molecule has 0 heterocycles. The SMILES string of the molecule is Cc1c(NC(=O)CSCc2c(F)cccc2Cl)cccc1[N+](=O)[O-]. The van der Waals surface area contributed by atoms with Crippen molar-refractivity contribution in [2.45, 2.75) is 12.7 Å². The normalized spacial score (nSPS) is 10.5. The van der Waals surface area contributed by atoms with Gasteiger partial charge in [-0.05, 0) is 25.1 Å². The van der Waals surface area contributed by atoms with E-state index >= 15 is 0 Å². The minimum absolute atomic E-state index is 0.0569. The summed E-state index contributed by atoms with van der Waals surface area (Å²) < 4.78 is 13.6. The zero-order valence-electron chi connectivity index (χ0n) is 12.7. The fraction of sp³-hybridized carbons (Fsp3) is 0.188. The minimum atomic E-state index is -0.500. The molecule has 8 heteroatoms. The van der Waals surface area contributed by atoms with Crippen molar-refractivity contribution < 1.29 is 14.1 Å². The van der Waals surface area contributed by atoms with Gasteiger partial charge >= 0.3 is 0 Å². The molecule has 126 valence electrons. The van der Waals surface area contributed by atoms with Gasteiger partial charge in [-0.3, -0.25) is 14.9 Å². The van der Waals surface area contributed by atoms with Crippen LogP contribution in [0.25, 0.3) is 0 Å². The lowest BCUT2D eigenvalue weighted by molar-refractivity contribution is -0.385. The number of hydrogen-bond acceptors (Lipinski definition) is 4. The molecule has 0 aromatic heterocycles. The molecule has 0 aliphatic carbocycles. The first-order valence-corrected chi connectivity index (χ1v) is 8.48. The molecule has 0 unspecified atom stereocenters. The van der Waals surface area contributed by atoms with Gasteiger partial charge in [0, 0.05) is 22.4 Å². The summed E-state index contributed by atoms with van der Waals surface area (Å²) in [6.07, 6.45) is 0. The third-order valence-electron chi connectivity index (χ3n) is 3.32. The van der Waals surface area contributed by atoms with Gasteiger partial charge in [0.1, 0.15) is 5.82 Å². The van der Waals surface area contributed by atoms with E-state index < -0.39 is 10.7 Å². The average molecular weight is 369 g/mol. The number of nitrogens with zero attached hydrogens (tertiary/aromatic N) is 1. The number of nitrogens with one attached hydrogen (secondary N) is 1. The number of nitro groups is 1. The summed E-state index contributed by atoms with van der Waals surface area (Å²) in [4.78, 5) is 22.4.